The Morgan fingerprint density at radius 2 is 2.22 bits per heavy atom. The average Bonchev–Trinajstić information content (AvgIpc) is 3.14. The van der Waals surface area contributed by atoms with E-state index in [0.717, 1.165) is 0 Å². The van der Waals surface area contributed by atoms with Crippen LogP contribution in [0.15, 0.2) is 12.1 Å². The third-order valence-electron chi connectivity index (χ3n) is 2.74. The summed E-state index contributed by atoms with van der Waals surface area (Å²) in [6, 6.07) is 3.50. The zero-order valence-corrected chi connectivity index (χ0v) is 10.9. The fourth-order valence-electron chi connectivity index (χ4n) is 1.57. The number of nitrogen functional groups attached to an aromatic ring is 1. The van der Waals surface area contributed by atoms with Gasteiger partial charge in [0.15, 0.2) is 0 Å². The molecule has 18 heavy (non-hydrogen) atoms. The Morgan fingerprint density at radius 1 is 1.44 bits per heavy atom. The third-order valence-corrected chi connectivity index (χ3v) is 2.74. The van der Waals surface area contributed by atoms with Gasteiger partial charge in [-0.2, -0.15) is 4.98 Å². The normalized spacial score (nSPS) is 16.3. The lowest BCUT2D eigenvalue weighted by molar-refractivity contribution is 0.0883. The van der Waals surface area contributed by atoms with Gasteiger partial charge in [0.2, 0.25) is 11.8 Å². The van der Waals surface area contributed by atoms with Crippen molar-refractivity contribution in [2.24, 2.45) is 5.92 Å². The van der Waals surface area contributed by atoms with Crippen LogP contribution >= 0.6 is 0 Å². The Morgan fingerprint density at radius 3 is 2.89 bits per heavy atom. The molecule has 1 aromatic rings. The zero-order chi connectivity index (χ0) is 13.0. The molecule has 0 bridgehead atoms. The molecule has 2 rings (SSSR count). The maximum Gasteiger partial charge on any atom is 0.240 e. The first-order valence-electron chi connectivity index (χ1n) is 6.24. The largest absolute Gasteiger partial charge is 0.476 e. The lowest BCUT2D eigenvalue weighted by Crippen LogP contribution is -2.18. The van der Waals surface area contributed by atoms with Crippen molar-refractivity contribution in [3.8, 4) is 11.8 Å². The first-order valence-corrected chi connectivity index (χ1v) is 6.24. The van der Waals surface area contributed by atoms with Crippen LogP contribution in [0.1, 0.15) is 19.8 Å². The molecule has 1 fully saturated rings. The number of pyridine rings is 1. The van der Waals surface area contributed by atoms with Gasteiger partial charge in [-0.15, -0.1) is 0 Å². The molecule has 0 aromatic carbocycles. The summed E-state index contributed by atoms with van der Waals surface area (Å²) in [7, 11) is 1.64. The molecule has 1 heterocycles. The van der Waals surface area contributed by atoms with Crippen molar-refractivity contribution in [1.29, 1.82) is 0 Å². The second-order valence-corrected chi connectivity index (χ2v) is 4.68. The van der Waals surface area contributed by atoms with Crippen LogP contribution in [-0.2, 0) is 4.74 Å². The van der Waals surface area contributed by atoms with Crippen LogP contribution in [-0.4, -0.2) is 31.4 Å². The monoisotopic (exact) mass is 252 g/mol. The Bertz CT molecular complexity index is 394. The first-order chi connectivity index (χ1) is 8.69. The van der Waals surface area contributed by atoms with Gasteiger partial charge < -0.3 is 19.9 Å². The number of hydrogen-bond donors (Lipinski definition) is 1. The highest BCUT2D eigenvalue weighted by Crippen LogP contribution is 2.31. The minimum atomic E-state index is -0.0533. The Labute approximate surface area is 107 Å². The number of rotatable bonds is 7. The SMILES string of the molecule is COCC(C)Oc1ccc(N)c(OCC2CC2)n1. The van der Waals surface area contributed by atoms with Crippen LogP contribution in [0.4, 0.5) is 5.69 Å². The van der Waals surface area contributed by atoms with Crippen LogP contribution < -0.4 is 15.2 Å². The predicted molar refractivity (Wildman–Crippen MR) is 68.8 cm³/mol. The molecule has 5 heteroatoms. The van der Waals surface area contributed by atoms with E-state index in [4.69, 9.17) is 19.9 Å². The number of ether oxygens (including phenoxy) is 3. The second kappa shape index (κ2) is 5.91. The van der Waals surface area contributed by atoms with E-state index in [1.54, 1.807) is 19.2 Å². The van der Waals surface area contributed by atoms with Crippen LogP contribution in [0, 0.1) is 5.92 Å². The highest BCUT2D eigenvalue weighted by atomic mass is 16.5. The Hall–Kier alpha value is -1.49. The summed E-state index contributed by atoms with van der Waals surface area (Å²) >= 11 is 0. The number of methoxy groups -OCH3 is 1. The third kappa shape index (κ3) is 3.77. The van der Waals surface area contributed by atoms with E-state index in [1.165, 1.54) is 12.8 Å². The van der Waals surface area contributed by atoms with Gasteiger partial charge in [0.1, 0.15) is 6.10 Å². The minimum absolute atomic E-state index is 0.0533. The Balaban J connectivity index is 1.95. The van der Waals surface area contributed by atoms with Crippen molar-refractivity contribution < 1.29 is 14.2 Å². The highest BCUT2D eigenvalue weighted by Gasteiger charge is 2.22. The van der Waals surface area contributed by atoms with Crippen LogP contribution in [0.3, 0.4) is 0 Å². The summed E-state index contributed by atoms with van der Waals surface area (Å²) in [6.07, 6.45) is 2.42. The molecule has 0 spiro atoms. The Kier molecular flexibility index (Phi) is 4.25. The summed E-state index contributed by atoms with van der Waals surface area (Å²) < 4.78 is 16.2. The van der Waals surface area contributed by atoms with Gasteiger partial charge in [0, 0.05) is 13.2 Å². The van der Waals surface area contributed by atoms with Crippen LogP contribution in [0.25, 0.3) is 0 Å². The van der Waals surface area contributed by atoms with Gasteiger partial charge in [-0.25, -0.2) is 0 Å². The molecule has 0 saturated heterocycles. The van der Waals surface area contributed by atoms with Gasteiger partial charge in [0.25, 0.3) is 0 Å². The van der Waals surface area contributed by atoms with Crippen LogP contribution in [0.2, 0.25) is 0 Å². The second-order valence-electron chi connectivity index (χ2n) is 4.68. The summed E-state index contributed by atoms with van der Waals surface area (Å²) in [5.74, 6) is 1.65. The quantitative estimate of drug-likeness (QED) is 0.802. The number of anilines is 1. The molecule has 0 radical (unpaired) electrons. The summed E-state index contributed by atoms with van der Waals surface area (Å²) in [5.41, 5.74) is 6.36. The summed E-state index contributed by atoms with van der Waals surface area (Å²) in [5, 5.41) is 0. The highest BCUT2D eigenvalue weighted by molar-refractivity contribution is 5.49. The molecule has 0 aliphatic heterocycles. The minimum Gasteiger partial charge on any atom is -0.476 e. The van der Waals surface area contributed by atoms with Crippen molar-refractivity contribution in [3.63, 3.8) is 0 Å². The maximum absolute atomic E-state index is 5.82. The van der Waals surface area contributed by atoms with E-state index < -0.39 is 0 Å². The van der Waals surface area contributed by atoms with E-state index >= 15 is 0 Å². The number of nitrogens with two attached hydrogens (primary N) is 1. The lowest BCUT2D eigenvalue weighted by atomic mass is 10.4. The van der Waals surface area contributed by atoms with Gasteiger partial charge >= 0.3 is 0 Å². The van der Waals surface area contributed by atoms with E-state index in [0.29, 0.717) is 36.6 Å². The molecule has 1 aliphatic carbocycles. The molecule has 1 saturated carbocycles. The topological polar surface area (TPSA) is 66.6 Å². The van der Waals surface area contributed by atoms with Gasteiger partial charge in [-0.1, -0.05) is 0 Å². The first kappa shape index (κ1) is 13.0. The van der Waals surface area contributed by atoms with Crippen molar-refractivity contribution in [1.82, 2.24) is 4.98 Å². The van der Waals surface area contributed by atoms with Crippen LogP contribution in [0.5, 0.6) is 11.8 Å². The fourth-order valence-corrected chi connectivity index (χ4v) is 1.57. The number of hydrogen-bond acceptors (Lipinski definition) is 5. The molecule has 0 amide bonds. The predicted octanol–water partition coefficient (Wildman–Crippen LogP) is 1.87. The standard InChI is InChI=1S/C13H20N2O3/c1-9(7-16-2)18-12-6-5-11(14)13(15-12)17-8-10-3-4-10/h5-6,9-10H,3-4,7-8,14H2,1-2H3. The van der Waals surface area contributed by atoms with Crippen molar-refractivity contribution in [3.05, 3.63) is 12.1 Å². The molecular formula is C13H20N2O3. The van der Waals surface area contributed by atoms with E-state index in [9.17, 15) is 0 Å². The molecule has 100 valence electrons. The number of nitrogens with zero attached hydrogens (tertiary/aromatic N) is 1. The lowest BCUT2D eigenvalue weighted by Gasteiger charge is -2.14. The van der Waals surface area contributed by atoms with Gasteiger partial charge in [-0.05, 0) is 31.7 Å². The molecule has 1 atom stereocenters. The average molecular weight is 252 g/mol. The zero-order valence-electron chi connectivity index (χ0n) is 10.9. The van der Waals surface area contributed by atoms with E-state index in [1.807, 2.05) is 6.92 Å². The maximum atomic E-state index is 5.82. The number of aromatic nitrogens is 1. The summed E-state index contributed by atoms with van der Waals surface area (Å²) in [4.78, 5) is 4.27. The molecule has 1 aromatic heterocycles. The molecule has 1 aliphatic rings. The van der Waals surface area contributed by atoms with Crippen molar-refractivity contribution in [2.75, 3.05) is 26.1 Å². The fraction of sp³-hybridized carbons (Fsp3) is 0.615. The van der Waals surface area contributed by atoms with E-state index in [2.05, 4.69) is 4.98 Å². The molecule has 1 unspecified atom stereocenters. The van der Waals surface area contributed by atoms with Crippen molar-refractivity contribution in [2.45, 2.75) is 25.9 Å². The summed E-state index contributed by atoms with van der Waals surface area (Å²) in [6.45, 7) is 3.13. The molecule has 5 nitrogen and oxygen atoms in total. The smallest absolute Gasteiger partial charge is 0.240 e. The molecule has 2 N–H and O–H groups in total. The van der Waals surface area contributed by atoms with Crippen molar-refractivity contribution >= 4 is 5.69 Å². The van der Waals surface area contributed by atoms with Gasteiger partial charge in [-0.3, -0.25) is 0 Å². The van der Waals surface area contributed by atoms with E-state index in [-0.39, 0.29) is 6.10 Å². The molecular weight excluding hydrogens is 232 g/mol. The van der Waals surface area contributed by atoms with Gasteiger partial charge in [0.05, 0.1) is 18.9 Å².